The van der Waals surface area contributed by atoms with Crippen LogP contribution in [-0.4, -0.2) is 75.1 Å². The third-order valence-corrected chi connectivity index (χ3v) is 8.01. The molecule has 2 heterocycles. The molecule has 0 fully saturated rings. The first-order valence-electron chi connectivity index (χ1n) is 15.3. The van der Waals surface area contributed by atoms with Crippen molar-refractivity contribution in [3.8, 4) is 17.5 Å². The van der Waals surface area contributed by atoms with Crippen LogP contribution < -0.4 is 15.0 Å². The summed E-state index contributed by atoms with van der Waals surface area (Å²) in [6, 6.07) is 20.1. The third kappa shape index (κ3) is 6.90. The third-order valence-electron chi connectivity index (χ3n) is 8.01. The lowest BCUT2D eigenvalue weighted by atomic mass is 10.1. The van der Waals surface area contributed by atoms with Gasteiger partial charge in [-0.25, -0.2) is 14.3 Å². The van der Waals surface area contributed by atoms with E-state index in [-0.39, 0.29) is 29.6 Å². The van der Waals surface area contributed by atoms with Gasteiger partial charge in [0.25, 0.3) is 0 Å². The second kappa shape index (κ2) is 13.1. The van der Waals surface area contributed by atoms with Crippen molar-refractivity contribution in [2.24, 2.45) is 0 Å². The number of hydrogen-bond donors (Lipinski definition) is 2. The maximum Gasteiger partial charge on any atom is 0.410 e. The summed E-state index contributed by atoms with van der Waals surface area (Å²) in [7, 11) is 1.66. The van der Waals surface area contributed by atoms with Crippen LogP contribution in [0.2, 0.25) is 0 Å². The largest absolute Gasteiger partial charge is 0.486 e. The number of rotatable bonds is 8. The second-order valence-electron chi connectivity index (χ2n) is 12.6. The van der Waals surface area contributed by atoms with E-state index in [0.29, 0.717) is 34.9 Å². The molecule has 0 unspecified atom stereocenters. The number of carbonyl (C=O) groups excluding carboxylic acids is 2. The Morgan fingerprint density at radius 1 is 1.13 bits per heavy atom. The van der Waals surface area contributed by atoms with Gasteiger partial charge in [-0.1, -0.05) is 30.3 Å². The topological polar surface area (TPSA) is 150 Å². The van der Waals surface area contributed by atoms with E-state index in [2.05, 4.69) is 11.4 Å². The zero-order valence-corrected chi connectivity index (χ0v) is 27.2. The van der Waals surface area contributed by atoms with E-state index in [0.717, 1.165) is 5.39 Å². The molecule has 2 amide bonds. The van der Waals surface area contributed by atoms with E-state index >= 15 is 0 Å². The Hall–Kier alpha value is -5.41. The van der Waals surface area contributed by atoms with Crippen LogP contribution >= 0.6 is 0 Å². The number of amides is 2. The molecule has 1 aliphatic heterocycles. The lowest BCUT2D eigenvalue weighted by Crippen LogP contribution is -2.55. The number of para-hydroxylation sites is 3. The molecular formula is C35H38N6O6. The summed E-state index contributed by atoms with van der Waals surface area (Å²) in [5.74, 6) is -0.837. The first kappa shape index (κ1) is 33.0. The van der Waals surface area contributed by atoms with Crippen LogP contribution in [0, 0.1) is 11.3 Å². The normalized spacial score (nSPS) is 16.9. The number of benzene rings is 3. The monoisotopic (exact) mass is 638 g/mol. The molecule has 12 nitrogen and oxygen atoms in total. The molecule has 3 aromatic carbocycles. The number of carbonyl (C=O) groups is 3. The van der Waals surface area contributed by atoms with Gasteiger partial charge in [-0.2, -0.15) is 10.4 Å². The van der Waals surface area contributed by atoms with Gasteiger partial charge < -0.3 is 29.7 Å². The molecule has 0 spiro atoms. The Labute approximate surface area is 273 Å². The summed E-state index contributed by atoms with van der Waals surface area (Å²) in [6.07, 6.45) is -1.01. The average Bonchev–Trinajstić information content (AvgIpc) is 3.35. The number of ether oxygens (including phenoxy) is 2. The molecule has 12 heteroatoms. The number of fused-ring (bicyclic) bond motifs is 2. The van der Waals surface area contributed by atoms with Crippen molar-refractivity contribution in [2.75, 3.05) is 18.5 Å². The number of likely N-dealkylation sites (N-methyl/N-ethyl adjacent to an activating group) is 1. The van der Waals surface area contributed by atoms with Crippen LogP contribution in [-0.2, 0) is 16.1 Å². The fraction of sp³-hybridized carbons (Fsp3) is 0.343. The number of hydrogen-bond acceptors (Lipinski definition) is 8. The molecule has 244 valence electrons. The fourth-order valence-electron chi connectivity index (χ4n) is 5.42. The highest BCUT2D eigenvalue weighted by atomic mass is 16.6. The highest BCUT2D eigenvalue weighted by molar-refractivity contribution is 6.00. The molecule has 4 aromatic rings. The number of aromatic nitrogens is 2. The van der Waals surface area contributed by atoms with E-state index < -0.39 is 29.8 Å². The Kier molecular flexibility index (Phi) is 9.21. The number of aromatic carboxylic acids is 1. The molecule has 0 saturated carbocycles. The number of nitrogens with one attached hydrogen (secondary N) is 1. The van der Waals surface area contributed by atoms with Crippen molar-refractivity contribution in [3.63, 3.8) is 0 Å². The van der Waals surface area contributed by atoms with Gasteiger partial charge in [0, 0.05) is 25.0 Å². The smallest absolute Gasteiger partial charge is 0.410 e. The van der Waals surface area contributed by atoms with E-state index in [1.54, 1.807) is 43.5 Å². The van der Waals surface area contributed by atoms with Crippen molar-refractivity contribution in [1.82, 2.24) is 20.0 Å². The number of nitrogens with zero attached hydrogens (tertiary/aromatic N) is 5. The number of anilines is 1. The van der Waals surface area contributed by atoms with Gasteiger partial charge in [0.2, 0.25) is 5.91 Å². The zero-order valence-electron chi connectivity index (χ0n) is 27.2. The molecule has 0 saturated heterocycles. The lowest BCUT2D eigenvalue weighted by molar-refractivity contribution is -0.122. The molecule has 47 heavy (non-hydrogen) atoms. The van der Waals surface area contributed by atoms with Crippen molar-refractivity contribution in [3.05, 3.63) is 83.6 Å². The van der Waals surface area contributed by atoms with Crippen molar-refractivity contribution >= 4 is 34.6 Å². The van der Waals surface area contributed by atoms with Crippen molar-refractivity contribution < 1.29 is 29.0 Å². The van der Waals surface area contributed by atoms with Gasteiger partial charge in [-0.05, 0) is 71.0 Å². The molecule has 0 radical (unpaired) electrons. The highest BCUT2D eigenvalue weighted by Crippen LogP contribution is 2.35. The van der Waals surface area contributed by atoms with E-state index in [9.17, 15) is 24.8 Å². The van der Waals surface area contributed by atoms with Crippen LogP contribution in [0.5, 0.6) is 5.75 Å². The zero-order chi connectivity index (χ0) is 34.0. The Bertz CT molecular complexity index is 1870. The highest BCUT2D eigenvalue weighted by Gasteiger charge is 2.37. The first-order valence-corrected chi connectivity index (χ1v) is 15.3. The standard InChI is InChI=1S/C35H38N6O6/c1-21(39(6)34(45)47-35(3,4)5)19-37-31-22(2)46-30-14-10-9-13-29(30)40(32(31)42)20-26-25-11-7-8-12-28(25)41(38-26)27-16-15-23(33(43)44)17-24(27)18-36/h7-17,21-22,31,37H,19-20H2,1-6H3,(H,43,44)/t21-,22-,31-/m0/s1. The fourth-order valence-corrected chi connectivity index (χ4v) is 5.42. The summed E-state index contributed by atoms with van der Waals surface area (Å²) in [6.45, 7) is 9.49. The minimum atomic E-state index is -1.14. The Morgan fingerprint density at radius 2 is 1.83 bits per heavy atom. The van der Waals surface area contributed by atoms with Gasteiger partial charge in [0.1, 0.15) is 29.6 Å². The maximum absolute atomic E-state index is 14.4. The number of carboxylic acid groups (broad SMARTS) is 1. The quantitative estimate of drug-likeness (QED) is 0.268. The van der Waals surface area contributed by atoms with Crippen LogP contribution in [0.1, 0.15) is 56.2 Å². The molecule has 3 atom stereocenters. The summed E-state index contributed by atoms with van der Waals surface area (Å²) in [5, 5.41) is 28.3. The SMILES string of the molecule is C[C@@H]1Oc2ccccc2N(Cc2nn(-c3ccc(C(=O)O)cc3C#N)c3ccccc23)C(=O)[C@H]1NC[C@H](C)N(C)C(=O)OC(C)(C)C. The minimum Gasteiger partial charge on any atom is -0.486 e. The second-order valence-corrected chi connectivity index (χ2v) is 12.6. The van der Waals surface area contributed by atoms with Crippen molar-refractivity contribution in [1.29, 1.82) is 5.26 Å². The van der Waals surface area contributed by atoms with Crippen LogP contribution in [0.4, 0.5) is 10.5 Å². The van der Waals surface area contributed by atoms with Crippen LogP contribution in [0.3, 0.4) is 0 Å². The maximum atomic E-state index is 14.4. The molecule has 1 aliphatic rings. The molecule has 0 bridgehead atoms. The average molecular weight is 639 g/mol. The number of carboxylic acids is 1. The predicted molar refractivity (Wildman–Crippen MR) is 176 cm³/mol. The molecule has 2 N–H and O–H groups in total. The molecule has 1 aromatic heterocycles. The van der Waals surface area contributed by atoms with Gasteiger partial charge in [-0.3, -0.25) is 4.79 Å². The molecule has 0 aliphatic carbocycles. The predicted octanol–water partition coefficient (Wildman–Crippen LogP) is 5.12. The first-order chi connectivity index (χ1) is 22.3. The van der Waals surface area contributed by atoms with E-state index in [4.69, 9.17) is 14.6 Å². The summed E-state index contributed by atoms with van der Waals surface area (Å²) in [5.41, 5.74) is 1.76. The van der Waals surface area contributed by atoms with E-state index in [1.807, 2.05) is 62.4 Å². The summed E-state index contributed by atoms with van der Waals surface area (Å²) < 4.78 is 13.4. The Morgan fingerprint density at radius 3 is 2.53 bits per heavy atom. The number of nitriles is 1. The summed E-state index contributed by atoms with van der Waals surface area (Å²) in [4.78, 5) is 41.7. The van der Waals surface area contributed by atoms with Gasteiger partial charge in [0.15, 0.2) is 0 Å². The van der Waals surface area contributed by atoms with Gasteiger partial charge in [-0.15, -0.1) is 0 Å². The lowest BCUT2D eigenvalue weighted by Gasteiger charge is -2.31. The van der Waals surface area contributed by atoms with Crippen LogP contribution in [0.25, 0.3) is 16.6 Å². The molecular weight excluding hydrogens is 600 g/mol. The molecule has 5 rings (SSSR count). The minimum absolute atomic E-state index is 0.00646. The van der Waals surface area contributed by atoms with E-state index in [1.165, 1.54) is 17.0 Å². The van der Waals surface area contributed by atoms with Gasteiger partial charge in [0.05, 0.1) is 40.3 Å². The summed E-state index contributed by atoms with van der Waals surface area (Å²) >= 11 is 0. The van der Waals surface area contributed by atoms with Gasteiger partial charge >= 0.3 is 12.1 Å². The van der Waals surface area contributed by atoms with Crippen LogP contribution in [0.15, 0.2) is 66.7 Å². The van der Waals surface area contributed by atoms with Crippen molar-refractivity contribution in [2.45, 2.75) is 65.0 Å². The Balaban J connectivity index is 1.48.